The highest BCUT2D eigenvalue weighted by molar-refractivity contribution is 5.70. The lowest BCUT2D eigenvalue weighted by molar-refractivity contribution is -0.148. The molecule has 1 fully saturated rings. The molecule has 28 heavy (non-hydrogen) atoms. The molecule has 0 unspecified atom stereocenters. The summed E-state index contributed by atoms with van der Waals surface area (Å²) in [6.45, 7) is 7.31. The summed E-state index contributed by atoms with van der Waals surface area (Å²) in [7, 11) is 0. The van der Waals surface area contributed by atoms with Gasteiger partial charge in [-0.2, -0.15) is 0 Å². The van der Waals surface area contributed by atoms with E-state index in [2.05, 4.69) is 48.2 Å². The Morgan fingerprint density at radius 3 is 2.25 bits per heavy atom. The summed E-state index contributed by atoms with van der Waals surface area (Å²) in [6, 6.07) is 17.9. The van der Waals surface area contributed by atoms with Crippen LogP contribution in [0.3, 0.4) is 0 Å². The number of carbonyl (C=O) groups excluding carboxylic acids is 1. The Morgan fingerprint density at radius 2 is 1.68 bits per heavy atom. The van der Waals surface area contributed by atoms with Gasteiger partial charge < -0.3 is 14.4 Å². The number of ether oxygens (including phenoxy) is 2. The number of carbonyl (C=O) groups is 1. The standard InChI is InChI=1S/C24H31NO3/c1-3-28-24(26)18-27-17-21-8-12-23(13-9-21)22-10-6-20(7-11-22)14-16-25-15-4-5-19(25)2/h6-13,19H,3-5,14-18H2,1-2H3/t19-/m1/s1. The van der Waals surface area contributed by atoms with Crippen LogP contribution in [0.15, 0.2) is 48.5 Å². The Morgan fingerprint density at radius 1 is 1.04 bits per heavy atom. The Labute approximate surface area is 168 Å². The van der Waals surface area contributed by atoms with E-state index in [1.807, 2.05) is 12.1 Å². The third-order valence-corrected chi connectivity index (χ3v) is 5.41. The molecule has 0 N–H and O–H groups in total. The molecule has 2 aromatic carbocycles. The van der Waals surface area contributed by atoms with Crippen LogP contribution in [0.5, 0.6) is 0 Å². The smallest absolute Gasteiger partial charge is 0.332 e. The summed E-state index contributed by atoms with van der Waals surface area (Å²) in [6.07, 6.45) is 3.79. The van der Waals surface area contributed by atoms with Gasteiger partial charge in [-0.25, -0.2) is 4.79 Å². The first-order valence-electron chi connectivity index (χ1n) is 10.3. The van der Waals surface area contributed by atoms with Crippen LogP contribution >= 0.6 is 0 Å². The number of hydrogen-bond acceptors (Lipinski definition) is 4. The Bertz CT molecular complexity index is 739. The molecule has 0 aliphatic carbocycles. The van der Waals surface area contributed by atoms with Gasteiger partial charge in [-0.05, 0) is 61.9 Å². The predicted molar refractivity (Wildman–Crippen MR) is 112 cm³/mol. The molecule has 0 spiro atoms. The molecule has 1 aliphatic rings. The number of hydrogen-bond donors (Lipinski definition) is 0. The van der Waals surface area contributed by atoms with Crippen molar-refractivity contribution in [2.75, 3.05) is 26.3 Å². The van der Waals surface area contributed by atoms with Crippen molar-refractivity contribution in [3.05, 3.63) is 59.7 Å². The number of esters is 1. The van der Waals surface area contributed by atoms with Crippen molar-refractivity contribution >= 4 is 5.97 Å². The molecule has 1 saturated heterocycles. The fourth-order valence-corrected chi connectivity index (χ4v) is 3.71. The van der Waals surface area contributed by atoms with Gasteiger partial charge >= 0.3 is 5.97 Å². The average molecular weight is 382 g/mol. The van der Waals surface area contributed by atoms with E-state index in [0.717, 1.165) is 24.6 Å². The maximum atomic E-state index is 11.3. The third kappa shape index (κ3) is 5.91. The number of nitrogens with zero attached hydrogens (tertiary/aromatic N) is 1. The van der Waals surface area contributed by atoms with E-state index >= 15 is 0 Å². The number of likely N-dealkylation sites (tertiary alicyclic amines) is 1. The lowest BCUT2D eigenvalue weighted by Crippen LogP contribution is -2.28. The van der Waals surface area contributed by atoms with Crippen LogP contribution in [0, 0.1) is 0 Å². The van der Waals surface area contributed by atoms with Crippen LogP contribution in [0.4, 0.5) is 0 Å². The van der Waals surface area contributed by atoms with Crippen molar-refractivity contribution in [1.29, 1.82) is 0 Å². The fourth-order valence-electron chi connectivity index (χ4n) is 3.71. The third-order valence-electron chi connectivity index (χ3n) is 5.41. The monoisotopic (exact) mass is 381 g/mol. The Hall–Kier alpha value is -2.17. The highest BCUT2D eigenvalue weighted by Gasteiger charge is 2.19. The van der Waals surface area contributed by atoms with Crippen LogP contribution in [0.1, 0.15) is 37.8 Å². The van der Waals surface area contributed by atoms with Crippen molar-refractivity contribution in [1.82, 2.24) is 4.90 Å². The van der Waals surface area contributed by atoms with Gasteiger partial charge in [0.15, 0.2) is 0 Å². The van der Waals surface area contributed by atoms with Crippen LogP contribution in [-0.2, 0) is 27.3 Å². The van der Waals surface area contributed by atoms with Crippen molar-refractivity contribution < 1.29 is 14.3 Å². The van der Waals surface area contributed by atoms with E-state index in [4.69, 9.17) is 9.47 Å². The van der Waals surface area contributed by atoms with Gasteiger partial charge in [0.1, 0.15) is 6.61 Å². The normalized spacial score (nSPS) is 17.0. The first-order valence-corrected chi connectivity index (χ1v) is 10.3. The van der Waals surface area contributed by atoms with Crippen LogP contribution < -0.4 is 0 Å². The second-order valence-corrected chi connectivity index (χ2v) is 7.47. The van der Waals surface area contributed by atoms with Crippen molar-refractivity contribution in [3.63, 3.8) is 0 Å². The minimum absolute atomic E-state index is 0.00669. The summed E-state index contributed by atoms with van der Waals surface area (Å²) >= 11 is 0. The summed E-state index contributed by atoms with van der Waals surface area (Å²) in [5, 5.41) is 0. The summed E-state index contributed by atoms with van der Waals surface area (Å²) in [5.74, 6) is -0.321. The Kier molecular flexibility index (Phi) is 7.63. The molecular weight excluding hydrogens is 350 g/mol. The van der Waals surface area contributed by atoms with Gasteiger partial charge in [0, 0.05) is 12.6 Å². The van der Waals surface area contributed by atoms with E-state index in [9.17, 15) is 4.79 Å². The van der Waals surface area contributed by atoms with Crippen LogP contribution in [-0.4, -0.2) is 43.2 Å². The average Bonchev–Trinajstić information content (AvgIpc) is 3.12. The molecule has 4 nitrogen and oxygen atoms in total. The van der Waals surface area contributed by atoms with Gasteiger partial charge in [-0.3, -0.25) is 0 Å². The van der Waals surface area contributed by atoms with E-state index in [1.165, 1.54) is 36.1 Å². The van der Waals surface area contributed by atoms with Crippen LogP contribution in [0.2, 0.25) is 0 Å². The number of rotatable bonds is 9. The lowest BCUT2D eigenvalue weighted by Gasteiger charge is -2.20. The van der Waals surface area contributed by atoms with E-state index < -0.39 is 0 Å². The first-order chi connectivity index (χ1) is 13.7. The predicted octanol–water partition coefficient (Wildman–Crippen LogP) is 4.46. The van der Waals surface area contributed by atoms with E-state index in [1.54, 1.807) is 6.92 Å². The molecule has 2 aromatic rings. The van der Waals surface area contributed by atoms with Crippen LogP contribution in [0.25, 0.3) is 11.1 Å². The summed E-state index contributed by atoms with van der Waals surface area (Å²) < 4.78 is 10.2. The Balaban J connectivity index is 1.48. The summed E-state index contributed by atoms with van der Waals surface area (Å²) in [4.78, 5) is 13.9. The minimum atomic E-state index is -0.321. The van der Waals surface area contributed by atoms with Gasteiger partial charge in [-0.15, -0.1) is 0 Å². The first kappa shape index (κ1) is 20.6. The van der Waals surface area contributed by atoms with E-state index in [0.29, 0.717) is 13.2 Å². The number of benzene rings is 2. The van der Waals surface area contributed by atoms with Crippen molar-refractivity contribution in [2.45, 2.75) is 45.8 Å². The maximum absolute atomic E-state index is 11.3. The molecule has 0 saturated carbocycles. The molecule has 0 aromatic heterocycles. The molecule has 1 atom stereocenters. The molecule has 1 aliphatic heterocycles. The molecular formula is C24H31NO3. The topological polar surface area (TPSA) is 38.8 Å². The minimum Gasteiger partial charge on any atom is -0.464 e. The highest BCUT2D eigenvalue weighted by Crippen LogP contribution is 2.22. The van der Waals surface area contributed by atoms with Crippen molar-refractivity contribution in [2.24, 2.45) is 0 Å². The molecule has 0 bridgehead atoms. The largest absolute Gasteiger partial charge is 0.464 e. The highest BCUT2D eigenvalue weighted by atomic mass is 16.6. The summed E-state index contributed by atoms with van der Waals surface area (Å²) in [5.41, 5.74) is 4.85. The lowest BCUT2D eigenvalue weighted by atomic mass is 10.0. The molecule has 4 heteroatoms. The zero-order valence-electron chi connectivity index (χ0n) is 17.0. The molecule has 1 heterocycles. The van der Waals surface area contributed by atoms with Gasteiger partial charge in [0.2, 0.25) is 0 Å². The zero-order chi connectivity index (χ0) is 19.8. The van der Waals surface area contributed by atoms with Gasteiger partial charge in [0.05, 0.1) is 13.2 Å². The fraction of sp³-hybridized carbons (Fsp3) is 0.458. The molecule has 0 radical (unpaired) electrons. The quantitative estimate of drug-likeness (QED) is 0.601. The SMILES string of the molecule is CCOC(=O)COCc1ccc(-c2ccc(CCN3CCC[C@H]3C)cc2)cc1. The second kappa shape index (κ2) is 10.4. The van der Waals surface area contributed by atoms with Gasteiger partial charge in [-0.1, -0.05) is 48.5 Å². The molecule has 0 amide bonds. The maximum Gasteiger partial charge on any atom is 0.332 e. The van der Waals surface area contributed by atoms with E-state index in [-0.39, 0.29) is 12.6 Å². The van der Waals surface area contributed by atoms with Gasteiger partial charge in [0.25, 0.3) is 0 Å². The van der Waals surface area contributed by atoms with Crippen molar-refractivity contribution in [3.8, 4) is 11.1 Å². The second-order valence-electron chi connectivity index (χ2n) is 7.47. The molecule has 150 valence electrons. The molecule has 3 rings (SSSR count). The zero-order valence-corrected chi connectivity index (χ0v) is 17.0.